The van der Waals surface area contributed by atoms with E-state index >= 15 is 0 Å². The Morgan fingerprint density at radius 1 is 1.11 bits per heavy atom. The topological polar surface area (TPSA) is 64.1 Å². The van der Waals surface area contributed by atoms with E-state index in [0.29, 0.717) is 19.8 Å². The Balaban J connectivity index is 2.80. The minimum Gasteiger partial charge on any atom is -0.391 e. The van der Waals surface area contributed by atoms with Gasteiger partial charge in [0, 0.05) is 34.4 Å². The summed E-state index contributed by atoms with van der Waals surface area (Å²) in [6.45, 7) is 3.12. The maximum absolute atomic E-state index is 9.34. The third-order valence-electron chi connectivity index (χ3n) is 2.59. The molecule has 0 aliphatic rings. The molecule has 0 unspecified atom stereocenters. The number of aliphatic hydroxyl groups excluding tert-OH is 1. The molecule has 6 nitrogen and oxygen atoms in total. The molecule has 0 aromatic carbocycles. The van der Waals surface area contributed by atoms with Gasteiger partial charge in [0.05, 0.1) is 37.0 Å². The minimum atomic E-state index is -0.0151. The first-order chi connectivity index (χ1) is 9.26. The van der Waals surface area contributed by atoms with E-state index in [0.717, 1.165) is 28.8 Å². The molecular formula is C12H22N2O4S. The number of methoxy groups -OCH3 is 3. The Morgan fingerprint density at radius 2 is 1.74 bits per heavy atom. The van der Waals surface area contributed by atoms with Crippen molar-refractivity contribution in [3.63, 3.8) is 0 Å². The molecule has 0 aliphatic heterocycles. The smallest absolute Gasteiger partial charge is 0.186 e. The summed E-state index contributed by atoms with van der Waals surface area (Å²) in [4.78, 5) is 7.46. The van der Waals surface area contributed by atoms with Crippen molar-refractivity contribution in [2.45, 2.75) is 13.2 Å². The zero-order valence-corrected chi connectivity index (χ0v) is 12.5. The lowest BCUT2D eigenvalue weighted by molar-refractivity contribution is 0.178. The first kappa shape index (κ1) is 16.3. The Bertz CT molecular complexity index is 351. The molecule has 0 atom stereocenters. The van der Waals surface area contributed by atoms with Crippen LogP contribution in [-0.2, 0) is 27.4 Å². The second kappa shape index (κ2) is 9.22. The van der Waals surface area contributed by atoms with Crippen LogP contribution in [0.1, 0.15) is 10.6 Å². The molecule has 1 rings (SSSR count). The quantitative estimate of drug-likeness (QED) is 0.690. The van der Waals surface area contributed by atoms with Crippen molar-refractivity contribution in [3.05, 3.63) is 10.6 Å². The lowest BCUT2D eigenvalue weighted by Crippen LogP contribution is -2.30. The fourth-order valence-corrected chi connectivity index (χ4v) is 2.56. The van der Waals surface area contributed by atoms with Gasteiger partial charge in [-0.05, 0) is 0 Å². The van der Waals surface area contributed by atoms with Gasteiger partial charge in [-0.1, -0.05) is 11.3 Å². The van der Waals surface area contributed by atoms with Crippen molar-refractivity contribution >= 4 is 16.5 Å². The number of rotatable bonds is 10. The Kier molecular flexibility index (Phi) is 7.92. The van der Waals surface area contributed by atoms with Gasteiger partial charge in [0.15, 0.2) is 5.13 Å². The van der Waals surface area contributed by atoms with E-state index in [1.54, 1.807) is 21.3 Å². The summed E-state index contributed by atoms with van der Waals surface area (Å²) in [6, 6.07) is 0. The molecule has 7 heteroatoms. The molecular weight excluding hydrogens is 268 g/mol. The second-order valence-electron chi connectivity index (χ2n) is 3.93. The number of anilines is 1. The van der Waals surface area contributed by atoms with Crippen molar-refractivity contribution in [2.75, 3.05) is 52.5 Å². The molecule has 1 aromatic heterocycles. The third-order valence-corrected chi connectivity index (χ3v) is 3.74. The van der Waals surface area contributed by atoms with Crippen LogP contribution in [0.5, 0.6) is 0 Å². The van der Waals surface area contributed by atoms with Crippen LogP contribution in [0.2, 0.25) is 0 Å². The van der Waals surface area contributed by atoms with Crippen LogP contribution in [0.4, 0.5) is 5.13 Å². The summed E-state index contributed by atoms with van der Waals surface area (Å²) in [7, 11) is 4.96. The normalized spacial score (nSPS) is 10.9. The van der Waals surface area contributed by atoms with Gasteiger partial charge in [-0.3, -0.25) is 0 Å². The standard InChI is InChI=1S/C12H22N2O4S/c1-16-6-4-14(5-7-17-2)12-13-10(9-18-3)11(8-15)19-12/h15H,4-9H2,1-3H3. The monoisotopic (exact) mass is 290 g/mol. The van der Waals surface area contributed by atoms with E-state index in [-0.39, 0.29) is 6.61 Å². The summed E-state index contributed by atoms with van der Waals surface area (Å²) in [5, 5.41) is 10.2. The lowest BCUT2D eigenvalue weighted by Gasteiger charge is -2.20. The van der Waals surface area contributed by atoms with Gasteiger partial charge in [0.1, 0.15) is 0 Å². The third kappa shape index (κ3) is 5.04. The number of hydrogen-bond acceptors (Lipinski definition) is 7. The molecule has 0 radical (unpaired) electrons. The predicted octanol–water partition coefficient (Wildman–Crippen LogP) is 0.881. The van der Waals surface area contributed by atoms with E-state index in [9.17, 15) is 5.11 Å². The number of aliphatic hydroxyl groups is 1. The van der Waals surface area contributed by atoms with Crippen molar-refractivity contribution in [3.8, 4) is 0 Å². The molecule has 0 aliphatic carbocycles. The summed E-state index contributed by atoms with van der Waals surface area (Å²) in [5.41, 5.74) is 0.796. The zero-order chi connectivity index (χ0) is 14.1. The van der Waals surface area contributed by atoms with E-state index in [4.69, 9.17) is 14.2 Å². The van der Waals surface area contributed by atoms with Gasteiger partial charge >= 0.3 is 0 Å². The summed E-state index contributed by atoms with van der Waals surface area (Å²) < 4.78 is 15.3. The zero-order valence-electron chi connectivity index (χ0n) is 11.7. The number of aromatic nitrogens is 1. The number of ether oxygens (including phenoxy) is 3. The average molecular weight is 290 g/mol. The Morgan fingerprint density at radius 3 is 2.21 bits per heavy atom. The van der Waals surface area contributed by atoms with E-state index in [1.807, 2.05) is 0 Å². The summed E-state index contributed by atoms with van der Waals surface area (Å²) in [6.07, 6.45) is 0. The van der Waals surface area contributed by atoms with E-state index in [2.05, 4.69) is 9.88 Å². The highest BCUT2D eigenvalue weighted by Gasteiger charge is 2.15. The number of hydrogen-bond donors (Lipinski definition) is 1. The molecule has 1 heterocycles. The fourth-order valence-electron chi connectivity index (χ4n) is 1.58. The van der Waals surface area contributed by atoms with Crippen LogP contribution in [0.15, 0.2) is 0 Å². The minimum absolute atomic E-state index is 0.0151. The highest BCUT2D eigenvalue weighted by molar-refractivity contribution is 7.15. The first-order valence-electron chi connectivity index (χ1n) is 6.08. The van der Waals surface area contributed by atoms with Gasteiger partial charge in [-0.25, -0.2) is 4.98 Å². The van der Waals surface area contributed by atoms with Crippen molar-refractivity contribution < 1.29 is 19.3 Å². The molecule has 0 saturated carbocycles. The van der Waals surface area contributed by atoms with Crippen LogP contribution in [0.3, 0.4) is 0 Å². The molecule has 1 aromatic rings. The van der Waals surface area contributed by atoms with Crippen molar-refractivity contribution in [1.82, 2.24) is 4.98 Å². The molecule has 0 fully saturated rings. The highest BCUT2D eigenvalue weighted by atomic mass is 32.1. The molecule has 1 N–H and O–H groups in total. The van der Waals surface area contributed by atoms with Gasteiger partial charge in [-0.2, -0.15) is 0 Å². The van der Waals surface area contributed by atoms with Gasteiger partial charge in [0.2, 0.25) is 0 Å². The van der Waals surface area contributed by atoms with Crippen LogP contribution < -0.4 is 4.90 Å². The highest BCUT2D eigenvalue weighted by Crippen LogP contribution is 2.26. The van der Waals surface area contributed by atoms with Crippen molar-refractivity contribution in [1.29, 1.82) is 0 Å². The average Bonchev–Trinajstić information content (AvgIpc) is 2.82. The largest absolute Gasteiger partial charge is 0.391 e. The van der Waals surface area contributed by atoms with Gasteiger partial charge < -0.3 is 24.2 Å². The number of nitrogens with zero attached hydrogens (tertiary/aromatic N) is 2. The second-order valence-corrected chi connectivity index (χ2v) is 4.99. The molecule has 0 saturated heterocycles. The van der Waals surface area contributed by atoms with Crippen LogP contribution in [0.25, 0.3) is 0 Å². The lowest BCUT2D eigenvalue weighted by atomic mass is 10.4. The summed E-state index contributed by atoms with van der Waals surface area (Å²) in [5.74, 6) is 0. The van der Waals surface area contributed by atoms with Crippen LogP contribution in [-0.4, -0.2) is 57.7 Å². The maximum atomic E-state index is 9.34. The number of thiazole rings is 1. The molecule has 110 valence electrons. The molecule has 0 spiro atoms. The Labute approximate surface area is 117 Å². The SMILES string of the molecule is COCCN(CCOC)c1nc(COC)c(CO)s1. The fraction of sp³-hybridized carbons (Fsp3) is 0.750. The Hall–Kier alpha value is -0.730. The van der Waals surface area contributed by atoms with E-state index < -0.39 is 0 Å². The van der Waals surface area contributed by atoms with Gasteiger partial charge in [0.25, 0.3) is 0 Å². The van der Waals surface area contributed by atoms with E-state index in [1.165, 1.54) is 11.3 Å². The molecule has 19 heavy (non-hydrogen) atoms. The van der Waals surface area contributed by atoms with Crippen LogP contribution >= 0.6 is 11.3 Å². The molecule has 0 bridgehead atoms. The maximum Gasteiger partial charge on any atom is 0.186 e. The van der Waals surface area contributed by atoms with Crippen LogP contribution in [0, 0.1) is 0 Å². The van der Waals surface area contributed by atoms with Crippen molar-refractivity contribution in [2.24, 2.45) is 0 Å². The van der Waals surface area contributed by atoms with Gasteiger partial charge in [-0.15, -0.1) is 0 Å². The molecule has 0 amide bonds. The summed E-state index contributed by atoms with van der Waals surface area (Å²) >= 11 is 1.48. The predicted molar refractivity (Wildman–Crippen MR) is 74.7 cm³/mol. The first-order valence-corrected chi connectivity index (χ1v) is 6.89.